The molecule has 1 amide bonds. The smallest absolute Gasteiger partial charge is 0.249 e. The number of rotatable bonds is 5. The zero-order chi connectivity index (χ0) is 15.3. The largest absolute Gasteiger partial charge is 0.367 e. The zero-order valence-electron chi connectivity index (χ0n) is 12.3. The van der Waals surface area contributed by atoms with Crippen molar-refractivity contribution in [2.45, 2.75) is 33.3 Å². The van der Waals surface area contributed by atoms with E-state index in [1.165, 1.54) is 12.1 Å². The first kappa shape index (κ1) is 16.6. The molecule has 1 rings (SSSR count). The van der Waals surface area contributed by atoms with Crippen LogP contribution in [0.5, 0.6) is 0 Å². The molecule has 0 saturated carbocycles. The second-order valence-corrected chi connectivity index (χ2v) is 5.76. The van der Waals surface area contributed by atoms with Crippen molar-refractivity contribution in [2.24, 2.45) is 5.41 Å². The predicted octanol–water partition coefficient (Wildman–Crippen LogP) is 2.68. The Balaban J connectivity index is 2.63. The number of carbonyl (C=O) groups excluding carboxylic acids is 1. The van der Waals surface area contributed by atoms with Gasteiger partial charge in [-0.25, -0.2) is 8.78 Å². The summed E-state index contributed by atoms with van der Waals surface area (Å²) in [6, 6.07) is 3.35. The lowest BCUT2D eigenvalue weighted by molar-refractivity contribution is -0.139. The summed E-state index contributed by atoms with van der Waals surface area (Å²) in [5, 5.41) is 2.55. The van der Waals surface area contributed by atoms with Gasteiger partial charge in [-0.05, 0) is 29.5 Å². The molecule has 1 atom stereocenters. The minimum absolute atomic E-state index is 0.206. The van der Waals surface area contributed by atoms with E-state index in [0.29, 0.717) is 12.0 Å². The number of hydrogen-bond acceptors (Lipinski definition) is 2. The van der Waals surface area contributed by atoms with Crippen LogP contribution in [0.3, 0.4) is 0 Å². The molecule has 20 heavy (non-hydrogen) atoms. The molecule has 0 fully saturated rings. The molecule has 1 N–H and O–H groups in total. The second-order valence-electron chi connectivity index (χ2n) is 5.76. The average molecular weight is 285 g/mol. The van der Waals surface area contributed by atoms with E-state index >= 15 is 0 Å². The number of carbonyl (C=O) groups is 1. The topological polar surface area (TPSA) is 38.3 Å². The molecule has 1 aromatic rings. The number of likely N-dealkylation sites (N-methyl/N-ethyl adjacent to an activating group) is 1. The average Bonchev–Trinajstić information content (AvgIpc) is 2.31. The van der Waals surface area contributed by atoms with E-state index in [1.54, 1.807) is 7.05 Å². The highest BCUT2D eigenvalue weighted by molar-refractivity contribution is 5.81. The van der Waals surface area contributed by atoms with Gasteiger partial charge in [0.1, 0.15) is 17.7 Å². The quantitative estimate of drug-likeness (QED) is 0.903. The van der Waals surface area contributed by atoms with Crippen LogP contribution in [0, 0.1) is 17.0 Å². The van der Waals surface area contributed by atoms with Crippen molar-refractivity contribution in [3.63, 3.8) is 0 Å². The van der Waals surface area contributed by atoms with Gasteiger partial charge in [0, 0.05) is 13.1 Å². The molecule has 1 unspecified atom stereocenters. The lowest BCUT2D eigenvalue weighted by atomic mass is 9.88. The van der Waals surface area contributed by atoms with Crippen molar-refractivity contribution < 1.29 is 18.3 Å². The maximum atomic E-state index is 13.0. The summed E-state index contributed by atoms with van der Waals surface area (Å²) in [7, 11) is 1.55. The van der Waals surface area contributed by atoms with Crippen LogP contribution in [0.25, 0.3) is 0 Å². The van der Waals surface area contributed by atoms with Gasteiger partial charge in [0.2, 0.25) is 5.91 Å². The summed E-state index contributed by atoms with van der Waals surface area (Å²) >= 11 is 0. The van der Waals surface area contributed by atoms with Gasteiger partial charge < -0.3 is 10.1 Å². The third kappa shape index (κ3) is 4.89. The van der Waals surface area contributed by atoms with E-state index in [2.05, 4.69) is 5.32 Å². The maximum absolute atomic E-state index is 13.0. The van der Waals surface area contributed by atoms with Gasteiger partial charge >= 0.3 is 0 Å². The van der Waals surface area contributed by atoms with Gasteiger partial charge in [0.15, 0.2) is 0 Å². The molecule has 5 heteroatoms. The fourth-order valence-corrected chi connectivity index (χ4v) is 1.90. The van der Waals surface area contributed by atoms with E-state index < -0.39 is 17.7 Å². The highest BCUT2D eigenvalue weighted by Crippen LogP contribution is 2.22. The molecule has 0 saturated heterocycles. The third-order valence-corrected chi connectivity index (χ3v) is 2.87. The Bertz CT molecular complexity index is 449. The van der Waals surface area contributed by atoms with Crippen LogP contribution in [-0.4, -0.2) is 25.7 Å². The molecule has 112 valence electrons. The van der Waals surface area contributed by atoms with Gasteiger partial charge in [0.25, 0.3) is 0 Å². The Hall–Kier alpha value is -1.49. The van der Waals surface area contributed by atoms with Crippen molar-refractivity contribution in [1.29, 1.82) is 0 Å². The highest BCUT2D eigenvalue weighted by atomic mass is 19.1. The van der Waals surface area contributed by atoms with Crippen LogP contribution in [0.2, 0.25) is 0 Å². The Morgan fingerprint density at radius 2 is 1.80 bits per heavy atom. The number of halogens is 2. The number of hydrogen-bond donors (Lipinski definition) is 1. The molecular formula is C15H21F2NO2. The summed E-state index contributed by atoms with van der Waals surface area (Å²) in [6.07, 6.45) is -0.260. The van der Waals surface area contributed by atoms with E-state index in [1.807, 2.05) is 20.8 Å². The maximum Gasteiger partial charge on any atom is 0.249 e. The van der Waals surface area contributed by atoms with E-state index in [0.717, 1.165) is 6.07 Å². The van der Waals surface area contributed by atoms with Crippen molar-refractivity contribution in [3.05, 3.63) is 35.4 Å². The predicted molar refractivity (Wildman–Crippen MR) is 73.3 cm³/mol. The van der Waals surface area contributed by atoms with Gasteiger partial charge in [0.05, 0.1) is 6.61 Å². The van der Waals surface area contributed by atoms with Gasteiger partial charge in [-0.3, -0.25) is 4.79 Å². The van der Waals surface area contributed by atoms with E-state index in [9.17, 15) is 13.6 Å². The first-order chi connectivity index (χ1) is 9.24. The minimum Gasteiger partial charge on any atom is -0.367 e. The molecule has 0 bridgehead atoms. The van der Waals surface area contributed by atoms with Gasteiger partial charge in [-0.2, -0.15) is 0 Å². The van der Waals surface area contributed by atoms with Crippen molar-refractivity contribution >= 4 is 5.91 Å². The zero-order valence-corrected chi connectivity index (χ0v) is 12.3. The van der Waals surface area contributed by atoms with E-state index in [-0.39, 0.29) is 17.9 Å². The summed E-state index contributed by atoms with van der Waals surface area (Å²) < 4.78 is 31.7. The van der Waals surface area contributed by atoms with Crippen LogP contribution < -0.4 is 5.32 Å². The monoisotopic (exact) mass is 285 g/mol. The lowest BCUT2D eigenvalue weighted by Gasteiger charge is -2.29. The summed E-state index contributed by atoms with van der Waals surface area (Å²) in [5.41, 5.74) is 0.153. The van der Waals surface area contributed by atoms with Crippen LogP contribution in [0.15, 0.2) is 18.2 Å². The lowest BCUT2D eigenvalue weighted by Crippen LogP contribution is -2.43. The number of benzene rings is 1. The molecule has 0 heterocycles. The Kier molecular flexibility index (Phi) is 5.62. The summed E-state index contributed by atoms with van der Waals surface area (Å²) in [6.45, 7) is 5.91. The van der Waals surface area contributed by atoms with Crippen LogP contribution in [0.1, 0.15) is 26.3 Å². The first-order valence-electron chi connectivity index (χ1n) is 6.52. The van der Waals surface area contributed by atoms with Crippen molar-refractivity contribution in [2.75, 3.05) is 13.7 Å². The first-order valence-corrected chi connectivity index (χ1v) is 6.52. The van der Waals surface area contributed by atoms with Gasteiger partial charge in [-0.1, -0.05) is 20.8 Å². The van der Waals surface area contributed by atoms with Crippen LogP contribution in [0.4, 0.5) is 8.78 Å². The normalized spacial score (nSPS) is 13.1. The van der Waals surface area contributed by atoms with Crippen molar-refractivity contribution in [3.8, 4) is 0 Å². The Labute approximate surface area is 118 Å². The number of nitrogens with one attached hydrogen (secondary N) is 1. The minimum atomic E-state index is -0.612. The molecule has 0 aromatic heterocycles. The molecule has 1 aromatic carbocycles. The van der Waals surface area contributed by atoms with Crippen molar-refractivity contribution in [1.82, 2.24) is 5.32 Å². The van der Waals surface area contributed by atoms with E-state index in [4.69, 9.17) is 4.74 Å². The number of amides is 1. The molecule has 0 aliphatic rings. The molecule has 0 aliphatic carbocycles. The van der Waals surface area contributed by atoms with Crippen LogP contribution in [-0.2, 0) is 16.0 Å². The Morgan fingerprint density at radius 1 is 1.25 bits per heavy atom. The summed E-state index contributed by atoms with van der Waals surface area (Å²) in [4.78, 5) is 11.8. The second kappa shape index (κ2) is 6.79. The third-order valence-electron chi connectivity index (χ3n) is 2.87. The molecule has 0 radical (unpaired) electrons. The molecule has 0 aliphatic heterocycles. The molecule has 0 spiro atoms. The fraction of sp³-hybridized carbons (Fsp3) is 0.533. The molecule has 3 nitrogen and oxygen atoms in total. The van der Waals surface area contributed by atoms with Crippen LogP contribution >= 0.6 is 0 Å². The Morgan fingerprint density at radius 3 is 2.25 bits per heavy atom. The number of ether oxygens (including phenoxy) is 1. The summed E-state index contributed by atoms with van der Waals surface area (Å²) in [5.74, 6) is -1.43. The fourth-order valence-electron chi connectivity index (χ4n) is 1.90. The highest BCUT2D eigenvalue weighted by Gasteiger charge is 2.31. The standard InChI is InChI=1S/C15H21F2NO2/c1-15(2,3)13(14(19)18-4)20-6-5-10-7-11(16)9-12(17)8-10/h7-9,13H,5-6H2,1-4H3,(H,18,19). The van der Waals surface area contributed by atoms with Gasteiger partial charge in [-0.15, -0.1) is 0 Å². The SMILES string of the molecule is CNC(=O)C(OCCc1cc(F)cc(F)c1)C(C)(C)C. The molecular weight excluding hydrogens is 264 g/mol.